The highest BCUT2D eigenvalue weighted by molar-refractivity contribution is 7.99. The molecule has 0 aromatic heterocycles. The number of thioether (sulfide) groups is 1. The van der Waals surface area contributed by atoms with Crippen molar-refractivity contribution in [3.63, 3.8) is 0 Å². The Hall–Kier alpha value is -3.40. The minimum atomic E-state index is -2.37. The minimum absolute atomic E-state index is 0.157. The molecule has 1 saturated heterocycles. The number of carbonyl (C=O) groups excluding carboxylic acids is 2. The number of para-hydroxylation sites is 1. The number of hydrogen-bond acceptors (Lipinski definition) is 6. The van der Waals surface area contributed by atoms with Crippen LogP contribution in [-0.4, -0.2) is 59.8 Å². The van der Waals surface area contributed by atoms with Gasteiger partial charge >= 0.3 is 20.1 Å². The fraction of sp³-hybridized carbons (Fsp3) is 0.300. The van der Waals surface area contributed by atoms with Crippen LogP contribution in [0.1, 0.15) is 28.8 Å². The van der Waals surface area contributed by atoms with E-state index in [0.29, 0.717) is 36.3 Å². The Morgan fingerprint density at radius 1 is 1.00 bits per heavy atom. The van der Waals surface area contributed by atoms with E-state index in [1.807, 2.05) is 48.5 Å². The number of benzene rings is 3. The molecule has 4 atom stereocenters. The summed E-state index contributed by atoms with van der Waals surface area (Å²) in [6.07, 6.45) is 1.77. The maximum atomic E-state index is 13.5. The van der Waals surface area contributed by atoms with Crippen molar-refractivity contribution in [2.45, 2.75) is 31.3 Å². The Morgan fingerprint density at radius 2 is 1.63 bits per heavy atom. The molecule has 0 saturated carbocycles. The zero-order valence-corrected chi connectivity index (χ0v) is 24.3. The summed E-state index contributed by atoms with van der Waals surface area (Å²) in [6.45, 7) is -0.236. The number of hydrogen-bond donors (Lipinski definition) is 3. The van der Waals surface area contributed by atoms with Crippen LogP contribution in [0.25, 0.3) is 0 Å². The van der Waals surface area contributed by atoms with Crippen LogP contribution >= 0.6 is 19.9 Å². The summed E-state index contributed by atoms with van der Waals surface area (Å²) in [5.74, 6) is -0.956. The predicted octanol–water partition coefficient (Wildman–Crippen LogP) is 4.76. The fourth-order valence-electron chi connectivity index (χ4n) is 4.84. The lowest BCUT2D eigenvalue weighted by molar-refractivity contribution is -0.143. The molecule has 3 aromatic carbocycles. The molecule has 1 heterocycles. The average Bonchev–Trinajstić information content (AvgIpc) is 2.98. The Labute approximate surface area is 244 Å². The van der Waals surface area contributed by atoms with E-state index >= 15 is 0 Å². The first-order valence-electron chi connectivity index (χ1n) is 13.4. The highest BCUT2D eigenvalue weighted by Gasteiger charge is 2.51. The van der Waals surface area contributed by atoms with Gasteiger partial charge in [-0.2, -0.15) is 0 Å². The highest BCUT2D eigenvalue weighted by Crippen LogP contribution is 2.33. The average molecular weight is 596 g/mol. The highest BCUT2D eigenvalue weighted by atomic mass is 32.2. The number of carboxylic acids is 1. The van der Waals surface area contributed by atoms with E-state index in [0.717, 1.165) is 5.56 Å². The van der Waals surface area contributed by atoms with Gasteiger partial charge in [-0.1, -0.05) is 83.6 Å². The molecule has 0 bridgehead atoms. The topological polar surface area (TPSA) is 122 Å². The predicted molar refractivity (Wildman–Crippen MR) is 161 cm³/mol. The van der Waals surface area contributed by atoms with Crippen molar-refractivity contribution in [2.24, 2.45) is 0 Å². The summed E-state index contributed by atoms with van der Waals surface area (Å²) >= 11 is 1.43. The molecular weight excluding hydrogens is 561 g/mol. The molecule has 3 aromatic rings. The molecule has 11 heteroatoms. The van der Waals surface area contributed by atoms with Crippen LogP contribution in [0.15, 0.2) is 91.0 Å². The van der Waals surface area contributed by atoms with Gasteiger partial charge in [0.05, 0.1) is 0 Å². The minimum Gasteiger partial charge on any atom is -0.477 e. The molecule has 3 N–H and O–H groups in total. The second kappa shape index (κ2) is 15.0. The first-order valence-corrected chi connectivity index (χ1v) is 15.7. The summed E-state index contributed by atoms with van der Waals surface area (Å²) < 4.78 is 18.0. The number of carboxylic acid groups (broad SMARTS) is 1. The summed E-state index contributed by atoms with van der Waals surface area (Å²) in [4.78, 5) is 38.0. The van der Waals surface area contributed by atoms with Gasteiger partial charge in [0.15, 0.2) is 12.6 Å². The van der Waals surface area contributed by atoms with Crippen LogP contribution in [0.5, 0.6) is 0 Å². The van der Waals surface area contributed by atoms with Crippen molar-refractivity contribution in [3.8, 4) is 0 Å². The van der Waals surface area contributed by atoms with Crippen LogP contribution in [0.4, 0.5) is 5.69 Å². The molecule has 2 amide bonds. The summed E-state index contributed by atoms with van der Waals surface area (Å²) in [5, 5.41) is 15.5. The van der Waals surface area contributed by atoms with Gasteiger partial charge in [0.2, 0.25) is 0 Å². The summed E-state index contributed by atoms with van der Waals surface area (Å²) in [7, 11) is -2.37. The molecule has 41 heavy (non-hydrogen) atoms. The van der Waals surface area contributed by atoms with Crippen LogP contribution in [0, 0.1) is 0 Å². The van der Waals surface area contributed by atoms with Crippen molar-refractivity contribution in [1.82, 2.24) is 14.9 Å². The lowest BCUT2D eigenvalue weighted by Gasteiger charge is -2.38. The molecule has 9 nitrogen and oxygen atoms in total. The largest absolute Gasteiger partial charge is 0.613 e. The number of nitrogens with one attached hydrogen (secondary N) is 2. The molecule has 214 valence electrons. The van der Waals surface area contributed by atoms with Crippen molar-refractivity contribution < 1.29 is 28.6 Å². The van der Waals surface area contributed by atoms with Crippen molar-refractivity contribution in [1.29, 1.82) is 0 Å². The zero-order valence-electron chi connectivity index (χ0n) is 22.6. The lowest BCUT2D eigenvalue weighted by atomic mass is 10.0. The maximum absolute atomic E-state index is 13.5. The molecule has 3 unspecified atom stereocenters. The van der Waals surface area contributed by atoms with Gasteiger partial charge in [0.1, 0.15) is 18.2 Å². The van der Waals surface area contributed by atoms with E-state index in [-0.39, 0.29) is 34.8 Å². The Morgan fingerprint density at radius 3 is 2.29 bits per heavy atom. The van der Waals surface area contributed by atoms with Gasteiger partial charge in [-0.05, 0) is 53.7 Å². The van der Waals surface area contributed by atoms with Crippen LogP contribution in [0.3, 0.4) is 0 Å². The lowest BCUT2D eigenvalue weighted by Crippen LogP contribution is -2.65. The summed E-state index contributed by atoms with van der Waals surface area (Å²) in [6, 6.07) is 26.7. The first-order chi connectivity index (χ1) is 19.9. The second-order valence-corrected chi connectivity index (χ2v) is 11.9. The van der Waals surface area contributed by atoms with Gasteiger partial charge in [-0.15, -0.1) is 4.52 Å². The molecule has 1 aliphatic rings. The number of quaternary nitrogens is 1. The van der Waals surface area contributed by atoms with Gasteiger partial charge in [-0.3, -0.25) is 4.79 Å². The quantitative estimate of drug-likeness (QED) is 0.139. The number of carbonyl (C=O) groups is 3. The second-order valence-electron chi connectivity index (χ2n) is 9.83. The summed E-state index contributed by atoms with van der Waals surface area (Å²) in [5.41, 5.74) is 2.25. The third-order valence-corrected chi connectivity index (χ3v) is 8.97. The SMILES string of the molecule is O=C(O)C[N+]1(c2ccccc2)CSC[C@H](N[P+](=O)OCCCC(Cc2ccccc2)NC(=O)c2ccccc2)C1=O. The van der Waals surface area contributed by atoms with E-state index in [2.05, 4.69) is 10.4 Å². The van der Waals surface area contributed by atoms with E-state index in [4.69, 9.17) is 4.52 Å². The van der Waals surface area contributed by atoms with Gasteiger partial charge in [0, 0.05) is 17.4 Å². The van der Waals surface area contributed by atoms with E-state index < -0.39 is 26.7 Å². The molecule has 1 fully saturated rings. The molecule has 0 spiro atoms. The molecule has 0 aliphatic carbocycles. The van der Waals surface area contributed by atoms with Crippen molar-refractivity contribution >= 4 is 43.4 Å². The fourth-order valence-corrected chi connectivity index (χ4v) is 7.03. The molecular formula is C30H34N3O6PS+2. The van der Waals surface area contributed by atoms with E-state index in [1.54, 1.807) is 42.5 Å². The number of nitrogens with zero attached hydrogens (tertiary/aromatic N) is 1. The Balaban J connectivity index is 1.32. The monoisotopic (exact) mass is 595 g/mol. The molecule has 1 aliphatic heterocycles. The van der Waals surface area contributed by atoms with Crippen molar-refractivity contribution in [3.05, 3.63) is 102 Å². The van der Waals surface area contributed by atoms with Gasteiger partial charge in [-0.25, -0.2) is 14.1 Å². The smallest absolute Gasteiger partial charge is 0.477 e. The van der Waals surface area contributed by atoms with E-state index in [9.17, 15) is 24.1 Å². The maximum Gasteiger partial charge on any atom is 0.613 e. The van der Waals surface area contributed by atoms with Gasteiger partial charge < -0.3 is 10.4 Å². The van der Waals surface area contributed by atoms with Gasteiger partial charge in [0.25, 0.3) is 5.91 Å². The number of amides is 2. The van der Waals surface area contributed by atoms with E-state index in [1.165, 1.54) is 11.8 Å². The third kappa shape index (κ3) is 8.55. The normalized spacial score (nSPS) is 19.8. The number of aliphatic carboxylic acids is 1. The molecule has 4 rings (SSSR count). The zero-order chi connectivity index (χ0) is 29.1. The van der Waals surface area contributed by atoms with Crippen LogP contribution in [0.2, 0.25) is 0 Å². The third-order valence-electron chi connectivity index (χ3n) is 6.83. The standard InChI is InChI=1S/C30H32N3O6PS/c34-28(35)20-33(26-16-8-3-9-17-26)22-41-21-27(30(33)37)32-40(38)39-18-10-15-25(19-23-11-4-1-5-12-23)31-29(36)24-13-6-2-7-14-24/h1-9,11-14,16-17,25,27H,10,15,18-22H2,(H-2,31,32,34,35,36,38)/p+2/t25?,27-,33?/m0/s1. The van der Waals surface area contributed by atoms with Crippen LogP contribution in [-0.2, 0) is 25.1 Å². The Bertz CT molecular complexity index is 1330. The molecule has 0 radical (unpaired) electrons. The first kappa shape index (κ1) is 30.6. The Kier molecular flexibility index (Phi) is 11.2. The van der Waals surface area contributed by atoms with Crippen molar-refractivity contribution in [2.75, 3.05) is 24.8 Å². The number of rotatable bonds is 14. The van der Waals surface area contributed by atoms with Crippen LogP contribution < -0.4 is 14.9 Å².